The van der Waals surface area contributed by atoms with Crippen LogP contribution in [0.15, 0.2) is 18.2 Å². The molecule has 30 heavy (non-hydrogen) atoms. The van der Waals surface area contributed by atoms with Gasteiger partial charge in [-0.15, -0.1) is 0 Å². The zero-order chi connectivity index (χ0) is 22.3. The summed E-state index contributed by atoms with van der Waals surface area (Å²) in [7, 11) is 0.164. The topological polar surface area (TPSA) is 54.7 Å². The molecule has 0 bridgehead atoms. The molecule has 1 aromatic carbocycles. The third-order valence-corrected chi connectivity index (χ3v) is 7.97. The van der Waals surface area contributed by atoms with Gasteiger partial charge in [-0.1, -0.05) is 25.7 Å². The average molecular weight is 432 g/mol. The number of rotatable bonds is 8. The van der Waals surface area contributed by atoms with E-state index in [1.165, 1.54) is 0 Å². The number of hydrogen-bond acceptors (Lipinski definition) is 5. The number of aromatic nitrogens is 2. The van der Waals surface area contributed by atoms with Gasteiger partial charge in [0.1, 0.15) is 18.7 Å². The van der Waals surface area contributed by atoms with E-state index in [1.807, 2.05) is 19.1 Å². The largest absolute Gasteiger partial charge is 0.494 e. The molecule has 0 N–H and O–H groups in total. The predicted molar refractivity (Wildman–Crippen MR) is 125 cm³/mol. The standard InChI is InChI=1S/C22H37BN2O4Si/c1-16(26-6)20-24-18-11-10-17(23-28-21(2,3)22(4,5)29-23)14-19(18)25(20)15-27-12-13-30(7,8)9/h10-11,14,16H,12-13,15H2,1-9H3/t16-/m1/s1. The van der Waals surface area contributed by atoms with Crippen molar-refractivity contribution in [1.82, 2.24) is 9.55 Å². The summed E-state index contributed by atoms with van der Waals surface area (Å²) < 4.78 is 26.2. The van der Waals surface area contributed by atoms with E-state index in [9.17, 15) is 0 Å². The lowest BCUT2D eigenvalue weighted by molar-refractivity contribution is 0.00578. The zero-order valence-electron chi connectivity index (χ0n) is 20.0. The lowest BCUT2D eigenvalue weighted by atomic mass is 9.79. The van der Waals surface area contributed by atoms with E-state index in [4.69, 9.17) is 23.8 Å². The molecule has 0 saturated carbocycles. The Labute approximate surface area is 182 Å². The molecule has 1 aliphatic rings. The maximum absolute atomic E-state index is 6.25. The second-order valence-corrected chi connectivity index (χ2v) is 16.1. The molecule has 0 amide bonds. The molecule has 2 aromatic rings. The Hall–Kier alpha value is -1.19. The van der Waals surface area contributed by atoms with Crippen LogP contribution in [-0.4, -0.2) is 49.7 Å². The van der Waals surface area contributed by atoms with E-state index in [2.05, 4.69) is 58.0 Å². The number of nitrogens with zero attached hydrogens (tertiary/aromatic N) is 2. The molecule has 0 radical (unpaired) electrons. The van der Waals surface area contributed by atoms with Crippen molar-refractivity contribution in [3.63, 3.8) is 0 Å². The molecule has 0 unspecified atom stereocenters. The molecule has 2 heterocycles. The zero-order valence-corrected chi connectivity index (χ0v) is 21.0. The molecule has 166 valence electrons. The van der Waals surface area contributed by atoms with Gasteiger partial charge in [0.15, 0.2) is 0 Å². The van der Waals surface area contributed by atoms with E-state index >= 15 is 0 Å². The van der Waals surface area contributed by atoms with Crippen molar-refractivity contribution in [2.45, 2.75) is 84.3 Å². The van der Waals surface area contributed by atoms with E-state index in [-0.39, 0.29) is 17.3 Å². The van der Waals surface area contributed by atoms with Gasteiger partial charge in [-0.05, 0) is 58.3 Å². The molecule has 1 aliphatic heterocycles. The van der Waals surface area contributed by atoms with Crippen LogP contribution in [0.5, 0.6) is 0 Å². The van der Waals surface area contributed by atoms with Crippen LogP contribution in [0.3, 0.4) is 0 Å². The monoisotopic (exact) mass is 432 g/mol. The molecular formula is C22H37BN2O4Si. The van der Waals surface area contributed by atoms with Crippen molar-refractivity contribution in [2.24, 2.45) is 0 Å². The van der Waals surface area contributed by atoms with Gasteiger partial charge < -0.3 is 23.3 Å². The van der Waals surface area contributed by atoms with E-state index < -0.39 is 15.2 Å². The Morgan fingerprint density at radius 2 is 1.77 bits per heavy atom. The van der Waals surface area contributed by atoms with Crippen LogP contribution in [0.1, 0.15) is 46.5 Å². The maximum atomic E-state index is 6.25. The highest BCUT2D eigenvalue weighted by atomic mass is 28.3. The van der Waals surface area contributed by atoms with Gasteiger partial charge in [-0.2, -0.15) is 0 Å². The van der Waals surface area contributed by atoms with Crippen LogP contribution in [0.25, 0.3) is 11.0 Å². The highest BCUT2D eigenvalue weighted by molar-refractivity contribution is 6.76. The predicted octanol–water partition coefficient (Wildman–Crippen LogP) is 4.36. The minimum absolute atomic E-state index is 0.127. The minimum atomic E-state index is -1.14. The van der Waals surface area contributed by atoms with Crippen molar-refractivity contribution in [3.05, 3.63) is 24.0 Å². The van der Waals surface area contributed by atoms with Crippen molar-refractivity contribution in [1.29, 1.82) is 0 Å². The smallest absolute Gasteiger partial charge is 0.399 e. The number of methoxy groups -OCH3 is 1. The first kappa shape index (κ1) is 23.5. The van der Waals surface area contributed by atoms with Crippen LogP contribution in [0.2, 0.25) is 25.7 Å². The molecule has 1 aromatic heterocycles. The summed E-state index contributed by atoms with van der Waals surface area (Å²) in [5, 5.41) is 0. The number of hydrogen-bond donors (Lipinski definition) is 0. The summed E-state index contributed by atoms with van der Waals surface area (Å²) in [5.41, 5.74) is 2.17. The molecule has 1 saturated heterocycles. The van der Waals surface area contributed by atoms with E-state index in [0.29, 0.717) is 6.73 Å². The van der Waals surface area contributed by atoms with Gasteiger partial charge in [-0.25, -0.2) is 4.98 Å². The van der Waals surface area contributed by atoms with Crippen LogP contribution < -0.4 is 5.46 Å². The summed E-state index contributed by atoms with van der Waals surface area (Å²) in [6, 6.07) is 7.31. The van der Waals surface area contributed by atoms with Gasteiger partial charge in [0.2, 0.25) is 0 Å². The van der Waals surface area contributed by atoms with Crippen LogP contribution >= 0.6 is 0 Å². The molecular weight excluding hydrogens is 395 g/mol. The highest BCUT2D eigenvalue weighted by Gasteiger charge is 2.51. The first-order valence-electron chi connectivity index (χ1n) is 10.8. The van der Waals surface area contributed by atoms with Gasteiger partial charge in [0.25, 0.3) is 0 Å². The number of imidazole rings is 1. The second kappa shape index (κ2) is 8.39. The fourth-order valence-corrected chi connectivity index (χ4v) is 4.13. The van der Waals surface area contributed by atoms with Crippen molar-refractivity contribution in [2.75, 3.05) is 13.7 Å². The second-order valence-electron chi connectivity index (χ2n) is 10.5. The van der Waals surface area contributed by atoms with E-state index in [0.717, 1.165) is 35.0 Å². The van der Waals surface area contributed by atoms with Gasteiger partial charge in [-0.3, -0.25) is 0 Å². The summed E-state index contributed by atoms with van der Waals surface area (Å²) in [6.45, 7) is 18.6. The summed E-state index contributed by atoms with van der Waals surface area (Å²) in [6.07, 6.45) is -0.127. The molecule has 0 spiro atoms. The highest BCUT2D eigenvalue weighted by Crippen LogP contribution is 2.36. The Morgan fingerprint density at radius 1 is 1.13 bits per heavy atom. The van der Waals surface area contributed by atoms with Gasteiger partial charge in [0, 0.05) is 21.8 Å². The molecule has 1 fully saturated rings. The first-order valence-corrected chi connectivity index (χ1v) is 14.5. The van der Waals surface area contributed by atoms with Crippen molar-refractivity contribution < 1.29 is 18.8 Å². The Balaban J connectivity index is 1.91. The quantitative estimate of drug-likeness (QED) is 0.459. The number of benzene rings is 1. The average Bonchev–Trinajstić information content (AvgIpc) is 3.10. The SMILES string of the molecule is CO[C@H](C)c1nc2ccc(B3OC(C)(C)C(C)(C)O3)cc2n1COCC[Si](C)(C)C. The summed E-state index contributed by atoms with van der Waals surface area (Å²) in [5.74, 6) is 0.867. The van der Waals surface area contributed by atoms with Crippen LogP contribution in [0.4, 0.5) is 0 Å². The normalized spacial score (nSPS) is 19.6. The van der Waals surface area contributed by atoms with Crippen LogP contribution in [-0.2, 0) is 25.5 Å². The lowest BCUT2D eigenvalue weighted by Gasteiger charge is -2.32. The van der Waals surface area contributed by atoms with Gasteiger partial charge >= 0.3 is 7.12 Å². The van der Waals surface area contributed by atoms with Crippen LogP contribution in [0, 0.1) is 0 Å². The lowest BCUT2D eigenvalue weighted by Crippen LogP contribution is -2.41. The summed E-state index contributed by atoms with van der Waals surface area (Å²) >= 11 is 0. The van der Waals surface area contributed by atoms with Crippen molar-refractivity contribution in [3.8, 4) is 0 Å². The molecule has 6 nitrogen and oxygen atoms in total. The molecule has 3 rings (SSSR count). The van der Waals surface area contributed by atoms with E-state index in [1.54, 1.807) is 7.11 Å². The Bertz CT molecular complexity index is 875. The fraction of sp³-hybridized carbons (Fsp3) is 0.682. The van der Waals surface area contributed by atoms with Gasteiger partial charge in [0.05, 0.1) is 22.2 Å². The fourth-order valence-electron chi connectivity index (χ4n) is 3.37. The minimum Gasteiger partial charge on any atom is -0.399 e. The Kier molecular flexibility index (Phi) is 6.57. The molecule has 0 aliphatic carbocycles. The molecule has 8 heteroatoms. The first-order chi connectivity index (χ1) is 13.8. The van der Waals surface area contributed by atoms with Crippen molar-refractivity contribution >= 4 is 31.7 Å². The maximum Gasteiger partial charge on any atom is 0.494 e. The third kappa shape index (κ3) is 4.83. The number of ether oxygens (including phenoxy) is 2. The summed E-state index contributed by atoms with van der Waals surface area (Å²) in [4.78, 5) is 4.82. The Morgan fingerprint density at radius 3 is 2.33 bits per heavy atom. The third-order valence-electron chi connectivity index (χ3n) is 6.26. The molecule has 1 atom stereocenters. The number of fused-ring (bicyclic) bond motifs is 1.